The van der Waals surface area contributed by atoms with Crippen molar-refractivity contribution in [3.8, 4) is 0 Å². The smallest absolute Gasteiger partial charge is 0.370 e. The van der Waals surface area contributed by atoms with Crippen molar-refractivity contribution in [3.63, 3.8) is 0 Å². The van der Waals surface area contributed by atoms with Gasteiger partial charge in [-0.15, -0.1) is 0 Å². The summed E-state index contributed by atoms with van der Waals surface area (Å²) in [7, 11) is -37.0. The Morgan fingerprint density at radius 3 is 0.545 bits per heavy atom. The number of rotatable bonds is 9. The van der Waals surface area contributed by atoms with E-state index >= 15 is 0 Å². The molecule has 6 heterocycles. The molecule has 6 fully saturated rings. The Morgan fingerprint density at radius 2 is 0.394 bits per heavy atom. The second-order valence-electron chi connectivity index (χ2n) is 17.0. The summed E-state index contributed by atoms with van der Waals surface area (Å²) < 4.78 is 96.7. The Hall–Kier alpha value is -4.20. The third-order valence-corrected chi connectivity index (χ3v) is 46.7. The van der Waals surface area contributed by atoms with Gasteiger partial charge in [-0.05, 0) is 5.92 Å². The van der Waals surface area contributed by atoms with Gasteiger partial charge in [0.15, 0.2) is 0 Å². The molecule has 0 aromatic heterocycles. The molecule has 13 rings (SSSR count). The molecular weight excluding hydrogens is 969 g/mol. The Bertz CT molecular complexity index is 2540. The Balaban J connectivity index is 1.30. The van der Waals surface area contributed by atoms with Gasteiger partial charge in [0.25, 0.3) is 0 Å². The molecule has 6 aliphatic heterocycles. The predicted octanol–water partition coefficient (Wildman–Crippen LogP) is 3.77. The van der Waals surface area contributed by atoms with Crippen molar-refractivity contribution in [2.75, 3.05) is 0 Å². The Morgan fingerprint density at radius 1 is 0.242 bits per heavy atom. The molecule has 0 saturated carbocycles. The largest absolute Gasteiger partial charge is 0.515 e. The summed E-state index contributed by atoms with van der Waals surface area (Å²) in [6.07, 6.45) is 0. The van der Waals surface area contributed by atoms with Crippen LogP contribution in [0, 0.1) is 5.92 Å². The van der Waals surface area contributed by atoms with Gasteiger partial charge in [-0.25, -0.2) is 0 Å². The first-order chi connectivity index (χ1) is 32.1. The van der Waals surface area contributed by atoms with Crippen LogP contribution >= 0.6 is 0 Å². The fourth-order valence-electron chi connectivity index (χ4n) is 9.06. The highest BCUT2D eigenvalue weighted by Crippen LogP contribution is 2.49. The van der Waals surface area contributed by atoms with Crippen LogP contribution in [0.4, 0.5) is 0 Å². The van der Waals surface area contributed by atoms with Crippen molar-refractivity contribution in [2.24, 2.45) is 5.92 Å². The van der Waals surface area contributed by atoms with Crippen LogP contribution in [0.25, 0.3) is 0 Å². The van der Waals surface area contributed by atoms with E-state index in [0.717, 1.165) is 0 Å². The molecule has 0 amide bonds. The highest BCUT2D eigenvalue weighted by atomic mass is 28.6. The van der Waals surface area contributed by atoms with Crippen LogP contribution in [0.15, 0.2) is 212 Å². The highest BCUT2D eigenvalue weighted by molar-refractivity contribution is 7.13. The summed E-state index contributed by atoms with van der Waals surface area (Å²) in [5.41, 5.74) is 0. The van der Waals surface area contributed by atoms with E-state index < -0.39 is 70.4 Å². The van der Waals surface area contributed by atoms with Crippen molar-refractivity contribution in [3.05, 3.63) is 212 Å². The topological polar surface area (TPSA) is 111 Å². The molecule has 0 atom stereocenters. The van der Waals surface area contributed by atoms with Crippen LogP contribution in [0.2, 0.25) is 6.04 Å². The fourth-order valence-corrected chi connectivity index (χ4v) is 55.8. The first kappa shape index (κ1) is 43.1. The zero-order valence-corrected chi connectivity index (χ0v) is 43.9. The minimum absolute atomic E-state index is 0.0616. The Kier molecular flexibility index (Phi) is 10.6. The molecule has 6 saturated heterocycles. The first-order valence-electron chi connectivity index (χ1n) is 21.9. The molecule has 0 aliphatic carbocycles. The summed E-state index contributed by atoms with van der Waals surface area (Å²) in [5, 5.41) is 4.20. The van der Waals surface area contributed by atoms with E-state index in [9.17, 15) is 0 Å². The van der Waals surface area contributed by atoms with E-state index in [4.69, 9.17) is 49.4 Å². The van der Waals surface area contributed by atoms with Crippen molar-refractivity contribution in [1.29, 1.82) is 0 Å². The maximum absolute atomic E-state index is 8.08. The lowest BCUT2D eigenvalue weighted by Gasteiger charge is -2.63. The lowest BCUT2D eigenvalue weighted by atomic mass is 10.3. The molecule has 0 spiro atoms. The van der Waals surface area contributed by atoms with E-state index in [1.54, 1.807) is 0 Å². The van der Waals surface area contributed by atoms with Gasteiger partial charge in [0.2, 0.25) is 0 Å². The number of hydrogen-bond donors (Lipinski definition) is 0. The van der Waals surface area contributed by atoms with Gasteiger partial charge in [0.05, 0.1) is 0 Å². The molecule has 66 heavy (non-hydrogen) atoms. The van der Waals surface area contributed by atoms with Crippen molar-refractivity contribution >= 4 is 107 Å². The van der Waals surface area contributed by atoms with Gasteiger partial charge in [-0.3, -0.25) is 0 Å². The second-order valence-corrected chi connectivity index (χ2v) is 40.4. The quantitative estimate of drug-likeness (QED) is 0.197. The van der Waals surface area contributed by atoms with Crippen LogP contribution in [0.1, 0.15) is 13.8 Å². The van der Waals surface area contributed by atoms with Crippen LogP contribution in [0.3, 0.4) is 0 Å². The zero-order chi connectivity index (χ0) is 44.6. The number of hydrogen-bond acceptors (Lipinski definition) is 12. The van der Waals surface area contributed by atoms with E-state index in [2.05, 4.69) is 13.8 Å². The van der Waals surface area contributed by atoms with Gasteiger partial charge >= 0.3 is 70.4 Å². The molecule has 20 heteroatoms. The van der Waals surface area contributed by atoms with Gasteiger partial charge in [0.1, 0.15) is 0 Å². The molecule has 12 nitrogen and oxygen atoms in total. The maximum Gasteiger partial charge on any atom is 0.515 e. The summed E-state index contributed by atoms with van der Waals surface area (Å²) in [6, 6.07) is 68.0. The van der Waals surface area contributed by atoms with Crippen molar-refractivity contribution in [2.45, 2.75) is 19.9 Å². The number of benzene rings is 7. The van der Waals surface area contributed by atoms with E-state index in [1.165, 1.54) is 0 Å². The average Bonchev–Trinajstić information content (AvgIpc) is 3.33. The van der Waals surface area contributed by atoms with Gasteiger partial charge in [-0.2, -0.15) is 0 Å². The Labute approximate surface area is 392 Å². The second kappa shape index (κ2) is 16.2. The molecular formula is C46H44O12Si8. The monoisotopic (exact) mass is 1010 g/mol. The molecule has 6 aliphatic rings. The molecule has 0 radical (unpaired) electrons. The highest BCUT2D eigenvalue weighted by Gasteiger charge is 2.86. The summed E-state index contributed by atoms with van der Waals surface area (Å²) in [6.45, 7) is 4.21. The molecule has 7 aromatic carbocycles. The lowest BCUT2D eigenvalue weighted by molar-refractivity contribution is -0.00724. The van der Waals surface area contributed by atoms with Crippen LogP contribution < -0.4 is 36.3 Å². The maximum atomic E-state index is 8.08. The molecule has 0 unspecified atom stereocenters. The molecule has 8 bridgehead atoms. The summed E-state index contributed by atoms with van der Waals surface area (Å²) in [5.74, 6) is -0.0616. The van der Waals surface area contributed by atoms with Crippen molar-refractivity contribution in [1.82, 2.24) is 0 Å². The molecule has 0 N–H and O–H groups in total. The fraction of sp³-hybridized carbons (Fsp3) is 0.0870. The molecule has 332 valence electrons. The SMILES string of the molecule is CC(C)C[Si]12O[Si]3(c4ccccc4)O[Si]4(c5ccccc5)O[Si](c5ccccc5)(O1)O[Si]1(c5ccccc5)O[Si](c5ccccc5)(O2)O[Si](c2ccccc2)(O3)O[Si](c2ccccc2)(O4)O1. The third kappa shape index (κ3) is 7.09. The van der Waals surface area contributed by atoms with Gasteiger partial charge in [-0.1, -0.05) is 226 Å². The van der Waals surface area contributed by atoms with Crippen LogP contribution in [-0.4, -0.2) is 70.4 Å². The lowest BCUT2D eigenvalue weighted by Crippen LogP contribution is -2.95. The van der Waals surface area contributed by atoms with E-state index in [0.29, 0.717) is 36.3 Å². The standard InChI is InChI=1S/C46H44O12Si8/c1-39(2)38-59-47-60(40-24-10-3-11-25-40)50-63(43-30-16-6-17-31-43)52-61(48-59,41-26-12-4-13-27-41)54-65(45-34-20-8-21-35-45)55-62(49-59,42-28-14-5-15-29-42)53-64(51-60,44-32-18-7-19-33-44)57-66(56-63,58-65)46-36-22-9-23-37-46/h3-37,39H,38H2,1-2H3. The van der Waals surface area contributed by atoms with Crippen LogP contribution in [-0.2, 0) is 49.4 Å². The van der Waals surface area contributed by atoms with Gasteiger partial charge in [0, 0.05) is 42.4 Å². The predicted molar refractivity (Wildman–Crippen MR) is 261 cm³/mol. The minimum atomic E-state index is -4.70. The third-order valence-electron chi connectivity index (χ3n) is 11.8. The molecule has 7 aromatic rings. The zero-order valence-electron chi connectivity index (χ0n) is 35.9. The first-order valence-corrected chi connectivity index (χ1v) is 35.9. The van der Waals surface area contributed by atoms with Crippen molar-refractivity contribution < 1.29 is 49.4 Å². The normalized spacial score (nSPS) is 34.5. The van der Waals surface area contributed by atoms with E-state index in [-0.39, 0.29) is 12.0 Å². The van der Waals surface area contributed by atoms with Crippen LogP contribution in [0.5, 0.6) is 0 Å². The summed E-state index contributed by atoms with van der Waals surface area (Å²) in [4.78, 5) is 0. The van der Waals surface area contributed by atoms with Gasteiger partial charge < -0.3 is 49.4 Å². The minimum Gasteiger partial charge on any atom is -0.370 e. The van der Waals surface area contributed by atoms with E-state index in [1.807, 2.05) is 212 Å². The average molecular weight is 1010 g/mol. The summed E-state index contributed by atoms with van der Waals surface area (Å²) >= 11 is 0.